The molecule has 4 rings (SSSR count). The second-order valence-corrected chi connectivity index (χ2v) is 7.27. The molecule has 0 fully saturated rings. The maximum atomic E-state index is 12.8. The molecule has 2 aromatic carbocycles. The van der Waals surface area contributed by atoms with E-state index in [9.17, 15) is 4.79 Å². The molecule has 1 unspecified atom stereocenters. The lowest BCUT2D eigenvalue weighted by Gasteiger charge is -2.17. The molecule has 0 saturated heterocycles. The Morgan fingerprint density at radius 3 is 2.29 bits per heavy atom. The van der Waals surface area contributed by atoms with Crippen LogP contribution in [0.1, 0.15) is 34.3 Å². The summed E-state index contributed by atoms with van der Waals surface area (Å²) in [5.41, 5.74) is 5.55. The Bertz CT molecular complexity index is 1140. The average molecular weight is 409 g/mol. The quantitative estimate of drug-likeness (QED) is 0.466. The second kappa shape index (κ2) is 9.22. The average Bonchev–Trinajstić information content (AvgIpc) is 3.11. The van der Waals surface area contributed by atoms with Crippen molar-refractivity contribution in [3.8, 4) is 5.69 Å². The summed E-state index contributed by atoms with van der Waals surface area (Å²) in [4.78, 5) is 17.3. The number of hydrogen-bond donors (Lipinski definition) is 1. The summed E-state index contributed by atoms with van der Waals surface area (Å²) in [7, 11) is 0. The third kappa shape index (κ3) is 4.61. The number of hydrogen-bond acceptors (Lipinski definition) is 3. The minimum absolute atomic E-state index is 0.189. The molecular weight excluding hydrogens is 384 g/mol. The van der Waals surface area contributed by atoms with Gasteiger partial charge in [0, 0.05) is 23.5 Å². The molecule has 0 aliphatic rings. The number of aryl methyl sites for hydroxylation is 1. The summed E-state index contributed by atoms with van der Waals surface area (Å²) in [5.74, 6) is -0.189. The van der Waals surface area contributed by atoms with E-state index in [1.54, 1.807) is 12.3 Å². The standard InChI is InChI=1S/C26H24N4O/c1-19-23(20(2)30(29-19)22-13-7-4-8-14-22)16-17-25(31)28-26(21-11-5-3-6-12-21)24-15-9-10-18-27-24/h3-18,26H,1-2H3,(H,28,31)/b17-16+. The molecule has 2 heterocycles. The van der Waals surface area contributed by atoms with E-state index in [-0.39, 0.29) is 11.9 Å². The van der Waals surface area contributed by atoms with Gasteiger partial charge in [-0.2, -0.15) is 5.10 Å². The van der Waals surface area contributed by atoms with Crippen LogP contribution in [0, 0.1) is 13.8 Å². The van der Waals surface area contributed by atoms with Crippen LogP contribution in [0.15, 0.2) is 91.1 Å². The first-order chi connectivity index (χ1) is 15.1. The topological polar surface area (TPSA) is 59.8 Å². The van der Waals surface area contributed by atoms with Gasteiger partial charge in [0.2, 0.25) is 5.91 Å². The van der Waals surface area contributed by atoms with Crippen molar-refractivity contribution in [2.75, 3.05) is 0 Å². The summed E-state index contributed by atoms with van der Waals surface area (Å²) in [6, 6.07) is 25.2. The molecule has 31 heavy (non-hydrogen) atoms. The van der Waals surface area contributed by atoms with Crippen LogP contribution in [-0.2, 0) is 4.79 Å². The summed E-state index contributed by atoms with van der Waals surface area (Å²) < 4.78 is 1.90. The smallest absolute Gasteiger partial charge is 0.244 e. The van der Waals surface area contributed by atoms with Gasteiger partial charge in [-0.25, -0.2) is 4.68 Å². The summed E-state index contributed by atoms with van der Waals surface area (Å²) in [6.07, 6.45) is 5.12. The van der Waals surface area contributed by atoms with Crippen molar-refractivity contribution in [2.45, 2.75) is 19.9 Å². The fraction of sp³-hybridized carbons (Fsp3) is 0.115. The van der Waals surface area contributed by atoms with Gasteiger partial charge in [-0.05, 0) is 49.8 Å². The van der Waals surface area contributed by atoms with Gasteiger partial charge >= 0.3 is 0 Å². The lowest BCUT2D eigenvalue weighted by Crippen LogP contribution is -2.28. The molecule has 5 heteroatoms. The predicted octanol–water partition coefficient (Wildman–Crippen LogP) is 4.80. The van der Waals surface area contributed by atoms with Gasteiger partial charge in [0.15, 0.2) is 0 Å². The van der Waals surface area contributed by atoms with Crippen LogP contribution < -0.4 is 5.32 Å². The third-order valence-electron chi connectivity index (χ3n) is 5.15. The number of pyridine rings is 1. The SMILES string of the molecule is Cc1nn(-c2ccccc2)c(C)c1/C=C/C(=O)NC(c1ccccc1)c1ccccn1. The van der Waals surface area contributed by atoms with Gasteiger partial charge in [0.05, 0.1) is 23.1 Å². The number of para-hydroxylation sites is 1. The van der Waals surface area contributed by atoms with Gasteiger partial charge in [0.1, 0.15) is 0 Å². The van der Waals surface area contributed by atoms with Crippen LogP contribution in [0.2, 0.25) is 0 Å². The number of carbonyl (C=O) groups is 1. The first-order valence-electron chi connectivity index (χ1n) is 10.2. The number of aromatic nitrogens is 3. The van der Waals surface area contributed by atoms with Gasteiger partial charge in [-0.1, -0.05) is 54.6 Å². The molecule has 4 aromatic rings. The van der Waals surface area contributed by atoms with E-state index in [0.29, 0.717) is 0 Å². The lowest BCUT2D eigenvalue weighted by molar-refractivity contribution is -0.116. The van der Waals surface area contributed by atoms with Crippen LogP contribution in [0.3, 0.4) is 0 Å². The molecule has 1 atom stereocenters. The monoisotopic (exact) mass is 408 g/mol. The fourth-order valence-corrected chi connectivity index (χ4v) is 3.59. The van der Waals surface area contributed by atoms with Crippen LogP contribution in [-0.4, -0.2) is 20.7 Å². The Morgan fingerprint density at radius 2 is 1.61 bits per heavy atom. The van der Waals surface area contributed by atoms with Gasteiger partial charge < -0.3 is 5.32 Å². The summed E-state index contributed by atoms with van der Waals surface area (Å²) in [5, 5.41) is 7.72. The zero-order valence-electron chi connectivity index (χ0n) is 17.6. The highest BCUT2D eigenvalue weighted by atomic mass is 16.1. The molecule has 0 aliphatic carbocycles. The van der Waals surface area contributed by atoms with Crippen LogP contribution in [0.25, 0.3) is 11.8 Å². The Labute approximate surface area is 182 Å². The van der Waals surface area contributed by atoms with E-state index in [2.05, 4.69) is 15.4 Å². The molecular formula is C26H24N4O. The minimum atomic E-state index is -0.325. The second-order valence-electron chi connectivity index (χ2n) is 7.27. The Kier molecular flexibility index (Phi) is 6.03. The zero-order chi connectivity index (χ0) is 21.6. The van der Waals surface area contributed by atoms with E-state index >= 15 is 0 Å². The van der Waals surface area contributed by atoms with Gasteiger partial charge in [-0.15, -0.1) is 0 Å². The molecule has 0 radical (unpaired) electrons. The van der Waals surface area contributed by atoms with Crippen LogP contribution in [0.4, 0.5) is 0 Å². The van der Waals surface area contributed by atoms with Gasteiger partial charge in [-0.3, -0.25) is 9.78 Å². The Balaban J connectivity index is 1.57. The molecule has 2 aromatic heterocycles. The molecule has 0 spiro atoms. The number of carbonyl (C=O) groups excluding carboxylic acids is 1. The number of benzene rings is 2. The maximum absolute atomic E-state index is 12.8. The van der Waals surface area contributed by atoms with E-state index in [1.165, 1.54) is 0 Å². The zero-order valence-corrected chi connectivity index (χ0v) is 17.6. The number of rotatable bonds is 6. The Morgan fingerprint density at radius 1 is 0.935 bits per heavy atom. The van der Waals surface area contributed by atoms with Crippen molar-refractivity contribution in [1.82, 2.24) is 20.1 Å². The third-order valence-corrected chi connectivity index (χ3v) is 5.15. The highest BCUT2D eigenvalue weighted by Gasteiger charge is 2.17. The van der Waals surface area contributed by atoms with Crippen molar-refractivity contribution in [3.05, 3.63) is 119 Å². The number of amides is 1. The number of nitrogens with zero attached hydrogens (tertiary/aromatic N) is 3. The minimum Gasteiger partial charge on any atom is -0.340 e. The van der Waals surface area contributed by atoms with Crippen LogP contribution in [0.5, 0.6) is 0 Å². The predicted molar refractivity (Wildman–Crippen MR) is 123 cm³/mol. The van der Waals surface area contributed by atoms with Crippen molar-refractivity contribution < 1.29 is 4.79 Å². The number of nitrogens with one attached hydrogen (secondary N) is 1. The molecule has 1 N–H and O–H groups in total. The normalized spacial score (nSPS) is 12.1. The first-order valence-corrected chi connectivity index (χ1v) is 10.2. The summed E-state index contributed by atoms with van der Waals surface area (Å²) >= 11 is 0. The largest absolute Gasteiger partial charge is 0.340 e. The molecule has 0 bridgehead atoms. The van der Waals surface area contributed by atoms with E-state index < -0.39 is 0 Å². The molecule has 1 amide bonds. The molecule has 5 nitrogen and oxygen atoms in total. The summed E-state index contributed by atoms with van der Waals surface area (Å²) in [6.45, 7) is 3.95. The van der Waals surface area contributed by atoms with E-state index in [1.807, 2.05) is 103 Å². The Hall–Kier alpha value is -3.99. The highest BCUT2D eigenvalue weighted by Crippen LogP contribution is 2.21. The first kappa shape index (κ1) is 20.3. The molecule has 0 saturated carbocycles. The fourth-order valence-electron chi connectivity index (χ4n) is 3.59. The van der Waals surface area contributed by atoms with E-state index in [4.69, 9.17) is 0 Å². The van der Waals surface area contributed by atoms with Crippen LogP contribution >= 0.6 is 0 Å². The molecule has 154 valence electrons. The van der Waals surface area contributed by atoms with Crippen molar-refractivity contribution in [2.24, 2.45) is 0 Å². The lowest BCUT2D eigenvalue weighted by atomic mass is 10.0. The van der Waals surface area contributed by atoms with Crippen molar-refractivity contribution in [3.63, 3.8) is 0 Å². The van der Waals surface area contributed by atoms with Crippen molar-refractivity contribution >= 4 is 12.0 Å². The van der Waals surface area contributed by atoms with Crippen molar-refractivity contribution in [1.29, 1.82) is 0 Å². The van der Waals surface area contributed by atoms with E-state index in [0.717, 1.165) is 33.9 Å². The highest BCUT2D eigenvalue weighted by molar-refractivity contribution is 5.92. The molecule has 0 aliphatic heterocycles. The maximum Gasteiger partial charge on any atom is 0.244 e. The van der Waals surface area contributed by atoms with Gasteiger partial charge in [0.25, 0.3) is 0 Å².